The zero-order valence-electron chi connectivity index (χ0n) is 10.5. The number of halogens is 1. The Morgan fingerprint density at radius 2 is 2.05 bits per heavy atom. The predicted molar refractivity (Wildman–Crippen MR) is 80.9 cm³/mol. The maximum atomic E-state index is 6.44. The first-order chi connectivity index (χ1) is 9.22. The Bertz CT molecular complexity index is 708. The van der Waals surface area contributed by atoms with Gasteiger partial charge in [0, 0.05) is 28.6 Å². The number of thiazole rings is 1. The summed E-state index contributed by atoms with van der Waals surface area (Å²) in [5, 5.41) is 2.15. The van der Waals surface area contributed by atoms with E-state index in [0.29, 0.717) is 0 Å². The maximum absolute atomic E-state index is 6.44. The van der Waals surface area contributed by atoms with Crippen LogP contribution in [0.25, 0.3) is 10.9 Å². The summed E-state index contributed by atoms with van der Waals surface area (Å²) in [5.74, 6) is 0. The summed E-state index contributed by atoms with van der Waals surface area (Å²) in [6.07, 6.45) is 2.59. The van der Waals surface area contributed by atoms with Gasteiger partial charge in [-0.3, -0.25) is 4.98 Å². The minimum absolute atomic E-state index is 0.0557. The SMILES string of the molecule is Cc1ncc(C(Cl)Cc2ccc3ccccc3n2)s1. The number of para-hydroxylation sites is 1. The minimum atomic E-state index is -0.0557. The fourth-order valence-electron chi connectivity index (χ4n) is 2.03. The second kappa shape index (κ2) is 5.27. The summed E-state index contributed by atoms with van der Waals surface area (Å²) in [5.41, 5.74) is 2.04. The van der Waals surface area contributed by atoms with Gasteiger partial charge in [0.2, 0.25) is 0 Å². The predicted octanol–water partition coefficient (Wildman–Crippen LogP) is 4.52. The van der Waals surface area contributed by atoms with Crippen molar-refractivity contribution >= 4 is 33.8 Å². The summed E-state index contributed by atoms with van der Waals surface area (Å²) in [6.45, 7) is 1.99. The van der Waals surface area contributed by atoms with Crippen molar-refractivity contribution in [3.63, 3.8) is 0 Å². The van der Waals surface area contributed by atoms with Crippen LogP contribution >= 0.6 is 22.9 Å². The molecule has 3 rings (SSSR count). The monoisotopic (exact) mass is 288 g/mol. The Hall–Kier alpha value is -1.45. The van der Waals surface area contributed by atoms with Crippen LogP contribution in [0.4, 0.5) is 0 Å². The second-order valence-corrected chi connectivity index (χ2v) is 6.24. The van der Waals surface area contributed by atoms with Gasteiger partial charge in [-0.2, -0.15) is 0 Å². The second-order valence-electron chi connectivity index (χ2n) is 4.45. The van der Waals surface area contributed by atoms with E-state index < -0.39 is 0 Å². The summed E-state index contributed by atoms with van der Waals surface area (Å²) in [7, 11) is 0. The Morgan fingerprint density at radius 3 is 2.84 bits per heavy atom. The third kappa shape index (κ3) is 2.77. The highest BCUT2D eigenvalue weighted by molar-refractivity contribution is 7.11. The van der Waals surface area contributed by atoms with Crippen LogP contribution in [0.1, 0.15) is 21.0 Å². The van der Waals surface area contributed by atoms with Crippen LogP contribution in [0.5, 0.6) is 0 Å². The number of alkyl halides is 1. The highest BCUT2D eigenvalue weighted by Gasteiger charge is 2.12. The van der Waals surface area contributed by atoms with Crippen LogP contribution in [0.3, 0.4) is 0 Å². The van der Waals surface area contributed by atoms with E-state index >= 15 is 0 Å². The number of aryl methyl sites for hydroxylation is 1. The number of nitrogens with zero attached hydrogens (tertiary/aromatic N) is 2. The third-order valence-electron chi connectivity index (χ3n) is 2.99. The van der Waals surface area contributed by atoms with E-state index in [0.717, 1.165) is 32.9 Å². The van der Waals surface area contributed by atoms with E-state index in [2.05, 4.69) is 22.1 Å². The van der Waals surface area contributed by atoms with E-state index in [9.17, 15) is 0 Å². The van der Waals surface area contributed by atoms with Crippen molar-refractivity contribution in [3.05, 3.63) is 58.2 Å². The van der Waals surface area contributed by atoms with Gasteiger partial charge in [0.05, 0.1) is 15.9 Å². The molecular weight excluding hydrogens is 276 g/mol. The van der Waals surface area contributed by atoms with Crippen LogP contribution in [-0.2, 0) is 6.42 Å². The molecule has 0 aliphatic carbocycles. The number of rotatable bonds is 3. The van der Waals surface area contributed by atoms with Gasteiger partial charge in [-0.25, -0.2) is 4.98 Å². The Morgan fingerprint density at radius 1 is 1.21 bits per heavy atom. The molecule has 3 aromatic rings. The van der Waals surface area contributed by atoms with Crippen molar-refractivity contribution in [2.45, 2.75) is 18.7 Å². The number of benzene rings is 1. The molecular formula is C15H13ClN2S. The van der Waals surface area contributed by atoms with E-state index in [1.54, 1.807) is 11.3 Å². The number of fused-ring (bicyclic) bond motifs is 1. The molecule has 0 fully saturated rings. The average molecular weight is 289 g/mol. The quantitative estimate of drug-likeness (QED) is 0.662. The van der Waals surface area contributed by atoms with Gasteiger partial charge in [-0.15, -0.1) is 22.9 Å². The van der Waals surface area contributed by atoms with Crippen molar-refractivity contribution in [1.82, 2.24) is 9.97 Å². The van der Waals surface area contributed by atoms with Crippen molar-refractivity contribution in [2.75, 3.05) is 0 Å². The molecule has 1 unspecified atom stereocenters. The normalized spacial score (nSPS) is 12.7. The van der Waals surface area contributed by atoms with Crippen molar-refractivity contribution in [2.24, 2.45) is 0 Å². The summed E-state index contributed by atoms with van der Waals surface area (Å²) < 4.78 is 0. The van der Waals surface area contributed by atoms with Crippen LogP contribution in [0, 0.1) is 6.92 Å². The molecule has 1 atom stereocenters. The lowest BCUT2D eigenvalue weighted by Gasteiger charge is -2.07. The molecule has 0 radical (unpaired) electrons. The lowest BCUT2D eigenvalue weighted by molar-refractivity contribution is 0.901. The van der Waals surface area contributed by atoms with E-state index in [1.165, 1.54) is 0 Å². The average Bonchev–Trinajstić information content (AvgIpc) is 2.85. The molecule has 0 aliphatic rings. The van der Waals surface area contributed by atoms with Gasteiger partial charge >= 0.3 is 0 Å². The van der Waals surface area contributed by atoms with Crippen molar-refractivity contribution in [3.8, 4) is 0 Å². The number of hydrogen-bond acceptors (Lipinski definition) is 3. The Balaban J connectivity index is 1.84. The van der Waals surface area contributed by atoms with Crippen LogP contribution in [0.15, 0.2) is 42.6 Å². The molecule has 0 saturated carbocycles. The van der Waals surface area contributed by atoms with Gasteiger partial charge in [0.1, 0.15) is 0 Å². The van der Waals surface area contributed by atoms with Crippen molar-refractivity contribution in [1.29, 1.82) is 0 Å². The summed E-state index contributed by atoms with van der Waals surface area (Å²) in [6, 6.07) is 12.3. The molecule has 1 aromatic carbocycles. The summed E-state index contributed by atoms with van der Waals surface area (Å²) >= 11 is 8.08. The smallest absolute Gasteiger partial charge is 0.0897 e. The number of hydrogen-bond donors (Lipinski definition) is 0. The highest BCUT2D eigenvalue weighted by Crippen LogP contribution is 2.29. The van der Waals surface area contributed by atoms with Crippen LogP contribution in [0.2, 0.25) is 0 Å². The summed E-state index contributed by atoms with van der Waals surface area (Å²) in [4.78, 5) is 10.00. The Labute approximate surface area is 121 Å². The molecule has 0 aliphatic heterocycles. The molecule has 2 nitrogen and oxygen atoms in total. The largest absolute Gasteiger partial charge is 0.253 e. The maximum Gasteiger partial charge on any atom is 0.0897 e. The minimum Gasteiger partial charge on any atom is -0.253 e. The van der Waals surface area contributed by atoms with Gasteiger partial charge < -0.3 is 0 Å². The van der Waals surface area contributed by atoms with Gasteiger partial charge in [0.25, 0.3) is 0 Å². The molecule has 0 amide bonds. The third-order valence-corrected chi connectivity index (χ3v) is 4.54. The molecule has 0 saturated heterocycles. The number of pyridine rings is 1. The zero-order chi connectivity index (χ0) is 13.2. The first kappa shape index (κ1) is 12.6. The van der Waals surface area contributed by atoms with Gasteiger partial charge in [-0.05, 0) is 19.1 Å². The molecule has 0 spiro atoms. The first-order valence-corrected chi connectivity index (χ1v) is 7.39. The van der Waals surface area contributed by atoms with E-state index in [-0.39, 0.29) is 5.38 Å². The fourth-order valence-corrected chi connectivity index (χ4v) is 3.14. The standard InChI is InChI=1S/C15H13ClN2S/c1-10-17-9-15(19-10)13(16)8-12-7-6-11-4-2-3-5-14(11)18-12/h2-7,9,13H,8H2,1H3. The molecule has 2 aromatic heterocycles. The Kier molecular flexibility index (Phi) is 3.49. The van der Waals surface area contributed by atoms with Gasteiger partial charge in [0.15, 0.2) is 0 Å². The topological polar surface area (TPSA) is 25.8 Å². The zero-order valence-corrected chi connectivity index (χ0v) is 12.1. The molecule has 0 bridgehead atoms. The number of aromatic nitrogens is 2. The van der Waals surface area contributed by atoms with Crippen molar-refractivity contribution < 1.29 is 0 Å². The molecule has 2 heterocycles. The molecule has 19 heavy (non-hydrogen) atoms. The lowest BCUT2D eigenvalue weighted by Crippen LogP contribution is -1.96. The highest BCUT2D eigenvalue weighted by atomic mass is 35.5. The van der Waals surface area contributed by atoms with Gasteiger partial charge in [-0.1, -0.05) is 24.3 Å². The lowest BCUT2D eigenvalue weighted by atomic mass is 10.1. The molecule has 0 N–H and O–H groups in total. The molecule has 96 valence electrons. The van der Waals surface area contributed by atoms with E-state index in [4.69, 9.17) is 11.6 Å². The van der Waals surface area contributed by atoms with Crippen LogP contribution in [-0.4, -0.2) is 9.97 Å². The first-order valence-electron chi connectivity index (χ1n) is 6.13. The van der Waals surface area contributed by atoms with E-state index in [1.807, 2.05) is 37.4 Å². The van der Waals surface area contributed by atoms with Crippen LogP contribution < -0.4 is 0 Å². The molecule has 4 heteroatoms. The fraction of sp³-hybridized carbons (Fsp3) is 0.200.